The molecular formula is C13H17BrClNO2. The largest absolute Gasteiger partial charge is 0.496 e. The minimum absolute atomic E-state index is 0.0901. The molecule has 1 rings (SSSR count). The van der Waals surface area contributed by atoms with Crippen LogP contribution in [0.4, 0.5) is 0 Å². The van der Waals surface area contributed by atoms with Gasteiger partial charge in [-0.1, -0.05) is 34.5 Å². The number of methoxy groups -OCH3 is 1. The summed E-state index contributed by atoms with van der Waals surface area (Å²) in [7, 11) is 1.52. The van der Waals surface area contributed by atoms with E-state index in [2.05, 4.69) is 21.2 Å². The molecule has 0 saturated carbocycles. The van der Waals surface area contributed by atoms with Crippen LogP contribution >= 0.6 is 27.5 Å². The van der Waals surface area contributed by atoms with Crippen molar-refractivity contribution < 1.29 is 9.53 Å². The van der Waals surface area contributed by atoms with Crippen molar-refractivity contribution in [1.82, 2.24) is 5.32 Å². The maximum atomic E-state index is 12.1. The lowest BCUT2D eigenvalue weighted by molar-refractivity contribution is 0.0935. The highest BCUT2D eigenvalue weighted by molar-refractivity contribution is 9.09. The van der Waals surface area contributed by atoms with E-state index in [0.717, 1.165) is 6.42 Å². The van der Waals surface area contributed by atoms with Crippen molar-refractivity contribution in [2.24, 2.45) is 0 Å². The van der Waals surface area contributed by atoms with Crippen molar-refractivity contribution in [3.8, 4) is 5.75 Å². The van der Waals surface area contributed by atoms with E-state index < -0.39 is 0 Å². The Balaban J connectivity index is 2.78. The minimum Gasteiger partial charge on any atom is -0.496 e. The summed E-state index contributed by atoms with van der Waals surface area (Å²) in [5.74, 6) is 0.336. The van der Waals surface area contributed by atoms with E-state index in [0.29, 0.717) is 21.2 Å². The van der Waals surface area contributed by atoms with Gasteiger partial charge in [-0.3, -0.25) is 4.79 Å². The monoisotopic (exact) mass is 333 g/mol. The Kier molecular flexibility index (Phi) is 5.96. The SMILES string of the molecule is COc1cc(Cl)ccc1C(=O)NC(C)CC(C)Br. The molecule has 1 aromatic carbocycles. The van der Waals surface area contributed by atoms with Gasteiger partial charge in [0.25, 0.3) is 5.91 Å². The molecule has 0 aliphatic heterocycles. The van der Waals surface area contributed by atoms with E-state index >= 15 is 0 Å². The Hall–Kier alpha value is -0.740. The highest BCUT2D eigenvalue weighted by Crippen LogP contribution is 2.23. The van der Waals surface area contributed by atoms with Crippen molar-refractivity contribution in [1.29, 1.82) is 0 Å². The van der Waals surface area contributed by atoms with Gasteiger partial charge in [0, 0.05) is 15.9 Å². The van der Waals surface area contributed by atoms with Crippen molar-refractivity contribution >= 4 is 33.4 Å². The Morgan fingerprint density at radius 2 is 2.17 bits per heavy atom. The predicted molar refractivity (Wildman–Crippen MR) is 77.9 cm³/mol. The van der Waals surface area contributed by atoms with Crippen molar-refractivity contribution in [3.05, 3.63) is 28.8 Å². The standard InChI is InChI=1S/C13H17BrClNO2/c1-8(14)6-9(2)16-13(17)11-5-4-10(15)7-12(11)18-3/h4-5,7-9H,6H2,1-3H3,(H,16,17). The fraction of sp³-hybridized carbons (Fsp3) is 0.462. The fourth-order valence-electron chi connectivity index (χ4n) is 1.70. The molecule has 100 valence electrons. The van der Waals surface area contributed by atoms with Crippen LogP contribution in [0.1, 0.15) is 30.6 Å². The van der Waals surface area contributed by atoms with Crippen LogP contribution < -0.4 is 10.1 Å². The lowest BCUT2D eigenvalue weighted by atomic mass is 10.1. The Morgan fingerprint density at radius 3 is 2.72 bits per heavy atom. The van der Waals surface area contributed by atoms with E-state index in [1.54, 1.807) is 18.2 Å². The molecule has 0 saturated heterocycles. The normalized spacial score (nSPS) is 13.8. The first-order chi connectivity index (χ1) is 8.43. The Labute approximate surface area is 121 Å². The lowest BCUT2D eigenvalue weighted by Gasteiger charge is -2.16. The molecule has 0 fully saturated rings. The van der Waals surface area contributed by atoms with Crippen LogP contribution in [0.2, 0.25) is 5.02 Å². The molecule has 1 N–H and O–H groups in total. The van der Waals surface area contributed by atoms with Crippen LogP contribution in [-0.4, -0.2) is 23.9 Å². The summed E-state index contributed by atoms with van der Waals surface area (Å²) in [5.41, 5.74) is 0.496. The molecule has 1 amide bonds. The molecule has 0 aliphatic rings. The Bertz CT molecular complexity index is 423. The topological polar surface area (TPSA) is 38.3 Å². The third kappa shape index (κ3) is 4.50. The molecule has 2 unspecified atom stereocenters. The van der Waals surface area contributed by atoms with Crippen LogP contribution in [0, 0.1) is 0 Å². The number of hydrogen-bond acceptors (Lipinski definition) is 2. The zero-order valence-electron chi connectivity index (χ0n) is 10.7. The number of alkyl halides is 1. The number of hydrogen-bond donors (Lipinski definition) is 1. The Morgan fingerprint density at radius 1 is 1.50 bits per heavy atom. The van der Waals surface area contributed by atoms with E-state index in [1.165, 1.54) is 7.11 Å². The van der Waals surface area contributed by atoms with Crippen molar-refractivity contribution in [3.63, 3.8) is 0 Å². The summed E-state index contributed by atoms with van der Waals surface area (Å²) in [6.07, 6.45) is 0.863. The van der Waals surface area contributed by atoms with Gasteiger partial charge < -0.3 is 10.1 Å². The number of amides is 1. The van der Waals surface area contributed by atoms with Crippen LogP contribution in [0.5, 0.6) is 5.75 Å². The first-order valence-electron chi connectivity index (χ1n) is 5.72. The van der Waals surface area contributed by atoms with Crippen LogP contribution in [-0.2, 0) is 0 Å². The van der Waals surface area contributed by atoms with E-state index in [4.69, 9.17) is 16.3 Å². The third-order valence-electron chi connectivity index (χ3n) is 2.46. The van der Waals surface area contributed by atoms with Crippen molar-refractivity contribution in [2.75, 3.05) is 7.11 Å². The van der Waals surface area contributed by atoms with Gasteiger partial charge in [-0.25, -0.2) is 0 Å². The molecule has 0 heterocycles. The molecule has 18 heavy (non-hydrogen) atoms. The van der Waals surface area contributed by atoms with E-state index in [-0.39, 0.29) is 11.9 Å². The summed E-state index contributed by atoms with van der Waals surface area (Å²) in [4.78, 5) is 12.4. The quantitative estimate of drug-likeness (QED) is 0.835. The zero-order valence-corrected chi connectivity index (χ0v) is 13.0. The first-order valence-corrected chi connectivity index (χ1v) is 7.02. The molecular weight excluding hydrogens is 318 g/mol. The highest BCUT2D eigenvalue weighted by Gasteiger charge is 2.15. The second kappa shape index (κ2) is 7.00. The maximum absolute atomic E-state index is 12.1. The fourth-order valence-corrected chi connectivity index (χ4v) is 2.42. The molecule has 0 aromatic heterocycles. The summed E-state index contributed by atoms with van der Waals surface area (Å²) in [5, 5.41) is 3.48. The van der Waals surface area contributed by atoms with Gasteiger partial charge in [-0.05, 0) is 31.5 Å². The predicted octanol–water partition coefficient (Wildman–Crippen LogP) is 3.64. The van der Waals surface area contributed by atoms with Gasteiger partial charge in [-0.2, -0.15) is 0 Å². The summed E-state index contributed by atoms with van der Waals surface area (Å²) >= 11 is 9.32. The second-order valence-corrected chi connectivity index (χ2v) is 6.24. The zero-order chi connectivity index (χ0) is 13.7. The van der Waals surface area contributed by atoms with Gasteiger partial charge in [-0.15, -0.1) is 0 Å². The molecule has 5 heteroatoms. The van der Waals surface area contributed by atoms with Gasteiger partial charge in [0.05, 0.1) is 12.7 Å². The molecule has 2 atom stereocenters. The highest BCUT2D eigenvalue weighted by atomic mass is 79.9. The molecule has 3 nitrogen and oxygen atoms in total. The average Bonchev–Trinajstić information content (AvgIpc) is 2.27. The third-order valence-corrected chi connectivity index (χ3v) is 3.07. The van der Waals surface area contributed by atoms with Crippen LogP contribution in [0.25, 0.3) is 0 Å². The second-order valence-electron chi connectivity index (χ2n) is 4.24. The molecule has 0 bridgehead atoms. The molecule has 1 aromatic rings. The smallest absolute Gasteiger partial charge is 0.255 e. The van der Waals surface area contributed by atoms with Gasteiger partial charge in [0.2, 0.25) is 0 Å². The van der Waals surface area contributed by atoms with Crippen molar-refractivity contribution in [2.45, 2.75) is 31.1 Å². The summed E-state index contributed by atoms with van der Waals surface area (Å²) in [6.45, 7) is 4.02. The minimum atomic E-state index is -0.149. The maximum Gasteiger partial charge on any atom is 0.255 e. The molecule has 0 spiro atoms. The number of benzene rings is 1. The number of carbonyl (C=O) groups is 1. The van der Waals surface area contributed by atoms with Gasteiger partial charge in [0.15, 0.2) is 0 Å². The summed E-state index contributed by atoms with van der Waals surface area (Å²) < 4.78 is 5.16. The number of carbonyl (C=O) groups excluding carboxylic acids is 1. The van der Waals surface area contributed by atoms with Crippen LogP contribution in [0.3, 0.4) is 0 Å². The molecule has 0 aliphatic carbocycles. The van der Waals surface area contributed by atoms with E-state index in [1.807, 2.05) is 13.8 Å². The lowest BCUT2D eigenvalue weighted by Crippen LogP contribution is -2.34. The van der Waals surface area contributed by atoms with E-state index in [9.17, 15) is 4.79 Å². The van der Waals surface area contributed by atoms with Crippen LogP contribution in [0.15, 0.2) is 18.2 Å². The number of halogens is 2. The summed E-state index contributed by atoms with van der Waals surface area (Å²) in [6, 6.07) is 5.07. The number of nitrogens with one attached hydrogen (secondary N) is 1. The first kappa shape index (κ1) is 15.3. The van der Waals surface area contributed by atoms with Gasteiger partial charge >= 0.3 is 0 Å². The van der Waals surface area contributed by atoms with Gasteiger partial charge in [0.1, 0.15) is 5.75 Å². The molecule has 0 radical (unpaired) electrons. The number of rotatable bonds is 5. The average molecular weight is 335 g/mol. The number of ether oxygens (including phenoxy) is 1.